The number of hydrogen-bond acceptors (Lipinski definition) is 4. The summed E-state index contributed by atoms with van der Waals surface area (Å²) < 4.78 is 10.5. The van der Waals surface area contributed by atoms with Crippen LogP contribution in [0.15, 0.2) is 41.8 Å². The summed E-state index contributed by atoms with van der Waals surface area (Å²) in [6.07, 6.45) is 3.31. The Morgan fingerprint density at radius 3 is 2.50 bits per heavy atom. The Balaban J connectivity index is 2.07. The fourth-order valence-electron chi connectivity index (χ4n) is 2.36. The Morgan fingerprint density at radius 2 is 1.92 bits per heavy atom. The van der Waals surface area contributed by atoms with Crippen molar-refractivity contribution in [3.05, 3.63) is 52.2 Å². The lowest BCUT2D eigenvalue weighted by molar-refractivity contribution is -0.117. The molecule has 0 fully saturated rings. The highest BCUT2D eigenvalue weighted by Gasteiger charge is 2.18. The van der Waals surface area contributed by atoms with Crippen LogP contribution in [0, 0.1) is 5.92 Å². The van der Waals surface area contributed by atoms with E-state index in [2.05, 4.69) is 19.2 Å². The molecule has 0 aliphatic heterocycles. The molecule has 128 valence electrons. The minimum atomic E-state index is -0.114. The molecule has 1 amide bonds. The maximum atomic E-state index is 12.3. The lowest BCUT2D eigenvalue weighted by atomic mass is 10.0. The Labute approximate surface area is 147 Å². The maximum absolute atomic E-state index is 12.3. The summed E-state index contributed by atoms with van der Waals surface area (Å²) in [7, 11) is 3.18. The Kier molecular flexibility index (Phi) is 6.44. The van der Waals surface area contributed by atoms with Crippen molar-refractivity contribution in [1.82, 2.24) is 5.32 Å². The molecule has 1 aromatic heterocycles. The molecule has 0 spiro atoms. The average molecular weight is 345 g/mol. The SMILES string of the molecule is COc1ccc(C=CC(=O)NC(c2cccs2)C(C)C)cc1OC. The molecule has 0 saturated heterocycles. The Bertz CT molecular complexity index is 693. The van der Waals surface area contributed by atoms with Gasteiger partial charge in [0.15, 0.2) is 11.5 Å². The fraction of sp³-hybridized carbons (Fsp3) is 0.316. The zero-order chi connectivity index (χ0) is 17.5. The van der Waals surface area contributed by atoms with Crippen molar-refractivity contribution >= 4 is 23.3 Å². The summed E-state index contributed by atoms with van der Waals surface area (Å²) in [5.74, 6) is 1.51. The van der Waals surface area contributed by atoms with E-state index < -0.39 is 0 Å². The van der Waals surface area contributed by atoms with E-state index in [-0.39, 0.29) is 11.9 Å². The first-order valence-electron chi connectivity index (χ1n) is 7.79. The van der Waals surface area contributed by atoms with Crippen LogP contribution in [-0.2, 0) is 4.79 Å². The van der Waals surface area contributed by atoms with E-state index in [9.17, 15) is 4.79 Å². The zero-order valence-electron chi connectivity index (χ0n) is 14.4. The molecule has 1 unspecified atom stereocenters. The molecule has 24 heavy (non-hydrogen) atoms. The average Bonchev–Trinajstić information content (AvgIpc) is 3.11. The van der Waals surface area contributed by atoms with E-state index in [4.69, 9.17) is 9.47 Å². The molecule has 4 nitrogen and oxygen atoms in total. The highest BCUT2D eigenvalue weighted by atomic mass is 32.1. The van der Waals surface area contributed by atoms with Crippen LogP contribution >= 0.6 is 11.3 Å². The number of hydrogen-bond donors (Lipinski definition) is 1. The van der Waals surface area contributed by atoms with Crippen molar-refractivity contribution in [2.24, 2.45) is 5.92 Å². The minimum Gasteiger partial charge on any atom is -0.493 e. The van der Waals surface area contributed by atoms with Crippen molar-refractivity contribution < 1.29 is 14.3 Å². The molecule has 1 N–H and O–H groups in total. The molecule has 0 bridgehead atoms. The molecular weight excluding hydrogens is 322 g/mol. The summed E-state index contributed by atoms with van der Waals surface area (Å²) in [4.78, 5) is 13.4. The molecule has 1 heterocycles. The van der Waals surface area contributed by atoms with Gasteiger partial charge >= 0.3 is 0 Å². The van der Waals surface area contributed by atoms with E-state index >= 15 is 0 Å². The fourth-order valence-corrected chi connectivity index (χ4v) is 3.31. The maximum Gasteiger partial charge on any atom is 0.244 e. The molecular formula is C19H23NO3S. The van der Waals surface area contributed by atoms with Crippen LogP contribution in [-0.4, -0.2) is 20.1 Å². The van der Waals surface area contributed by atoms with E-state index in [0.717, 1.165) is 10.4 Å². The molecule has 1 atom stereocenters. The third-order valence-corrected chi connectivity index (χ3v) is 4.60. The van der Waals surface area contributed by atoms with Crippen LogP contribution < -0.4 is 14.8 Å². The first kappa shape index (κ1) is 18.1. The number of thiophene rings is 1. The molecule has 0 radical (unpaired) electrons. The predicted molar refractivity (Wildman–Crippen MR) is 98.6 cm³/mol. The van der Waals surface area contributed by atoms with Crippen LogP contribution in [0.2, 0.25) is 0 Å². The summed E-state index contributed by atoms with van der Waals surface area (Å²) in [6.45, 7) is 4.20. The number of methoxy groups -OCH3 is 2. The highest BCUT2D eigenvalue weighted by molar-refractivity contribution is 7.10. The lowest BCUT2D eigenvalue weighted by Crippen LogP contribution is -2.29. The van der Waals surface area contributed by atoms with Crippen molar-refractivity contribution in [3.8, 4) is 11.5 Å². The number of rotatable bonds is 7. The van der Waals surface area contributed by atoms with Crippen LogP contribution in [0.4, 0.5) is 0 Å². The molecule has 0 saturated carbocycles. The van der Waals surface area contributed by atoms with Gasteiger partial charge in [0.2, 0.25) is 5.91 Å². The minimum absolute atomic E-state index is 0.0209. The second-order valence-corrected chi connectivity index (χ2v) is 6.67. The van der Waals surface area contributed by atoms with Crippen molar-refractivity contribution in [3.63, 3.8) is 0 Å². The molecule has 2 aromatic rings. The van der Waals surface area contributed by atoms with Gasteiger partial charge in [0.25, 0.3) is 0 Å². The molecule has 2 rings (SSSR count). The lowest BCUT2D eigenvalue weighted by Gasteiger charge is -2.20. The van der Waals surface area contributed by atoms with Gasteiger partial charge in [-0.1, -0.05) is 26.0 Å². The molecule has 0 aliphatic carbocycles. The summed E-state index contributed by atoms with van der Waals surface area (Å²) in [6, 6.07) is 9.60. The first-order valence-corrected chi connectivity index (χ1v) is 8.67. The van der Waals surface area contributed by atoms with Gasteiger partial charge in [-0.05, 0) is 41.1 Å². The van der Waals surface area contributed by atoms with Gasteiger partial charge in [0.1, 0.15) is 0 Å². The third-order valence-electron chi connectivity index (χ3n) is 3.65. The van der Waals surface area contributed by atoms with Gasteiger partial charge in [0.05, 0.1) is 20.3 Å². The Hall–Kier alpha value is -2.27. The topological polar surface area (TPSA) is 47.6 Å². The second-order valence-electron chi connectivity index (χ2n) is 5.69. The normalized spacial score (nSPS) is 12.4. The van der Waals surface area contributed by atoms with E-state index in [1.54, 1.807) is 37.7 Å². The highest BCUT2D eigenvalue weighted by Crippen LogP contribution is 2.28. The molecule has 5 heteroatoms. The van der Waals surface area contributed by atoms with Crippen molar-refractivity contribution in [2.45, 2.75) is 19.9 Å². The van der Waals surface area contributed by atoms with E-state index in [1.807, 2.05) is 35.7 Å². The summed E-state index contributed by atoms with van der Waals surface area (Å²) in [5.41, 5.74) is 0.875. The third kappa shape index (κ3) is 4.61. The number of carbonyl (C=O) groups is 1. The van der Waals surface area contributed by atoms with Crippen LogP contribution in [0.25, 0.3) is 6.08 Å². The summed E-state index contributed by atoms with van der Waals surface area (Å²) in [5, 5.41) is 5.09. The number of amides is 1. The van der Waals surface area contributed by atoms with E-state index in [1.165, 1.54) is 0 Å². The summed E-state index contributed by atoms with van der Waals surface area (Å²) >= 11 is 1.66. The van der Waals surface area contributed by atoms with Gasteiger partial charge < -0.3 is 14.8 Å². The quantitative estimate of drug-likeness (QED) is 0.762. The van der Waals surface area contributed by atoms with Crippen LogP contribution in [0.1, 0.15) is 30.3 Å². The number of ether oxygens (including phenoxy) is 2. The van der Waals surface area contributed by atoms with Gasteiger partial charge in [0, 0.05) is 11.0 Å². The number of carbonyl (C=O) groups excluding carboxylic acids is 1. The Morgan fingerprint density at radius 1 is 1.17 bits per heavy atom. The predicted octanol–water partition coefficient (Wildman–Crippen LogP) is 4.29. The smallest absolute Gasteiger partial charge is 0.244 e. The van der Waals surface area contributed by atoms with Crippen LogP contribution in [0.3, 0.4) is 0 Å². The van der Waals surface area contributed by atoms with Gasteiger partial charge in [-0.15, -0.1) is 11.3 Å². The van der Waals surface area contributed by atoms with E-state index in [0.29, 0.717) is 17.4 Å². The van der Waals surface area contributed by atoms with Gasteiger partial charge in [-0.3, -0.25) is 4.79 Å². The first-order chi connectivity index (χ1) is 11.5. The standard InChI is InChI=1S/C19H23NO3S/c1-13(2)19(17-6-5-11-24-17)20-18(21)10-8-14-7-9-15(22-3)16(12-14)23-4/h5-13,19H,1-4H3,(H,20,21). The van der Waals surface area contributed by atoms with Crippen LogP contribution in [0.5, 0.6) is 11.5 Å². The van der Waals surface area contributed by atoms with Gasteiger partial charge in [-0.2, -0.15) is 0 Å². The largest absolute Gasteiger partial charge is 0.493 e. The number of benzene rings is 1. The van der Waals surface area contributed by atoms with Crippen molar-refractivity contribution in [2.75, 3.05) is 14.2 Å². The molecule has 0 aliphatic rings. The number of nitrogens with one attached hydrogen (secondary N) is 1. The second kappa shape index (κ2) is 8.55. The zero-order valence-corrected chi connectivity index (χ0v) is 15.2. The van der Waals surface area contributed by atoms with Gasteiger partial charge in [-0.25, -0.2) is 0 Å². The van der Waals surface area contributed by atoms with Crippen molar-refractivity contribution in [1.29, 1.82) is 0 Å². The molecule has 1 aromatic carbocycles. The monoisotopic (exact) mass is 345 g/mol.